The normalized spacial score (nSPS) is 14.9. The SMILES string of the molecule is CC(C)(C)C1=NN=NC1.CC(C)(C)c1noc(=O)[nH]1. The Kier molecular flexibility index (Phi) is 4.39. The minimum Gasteiger partial charge on any atom is -0.296 e. The van der Waals surface area contributed by atoms with Crippen molar-refractivity contribution < 1.29 is 4.52 Å². The Bertz CT molecular complexity index is 525. The van der Waals surface area contributed by atoms with Gasteiger partial charge in [-0.3, -0.25) is 9.51 Å². The van der Waals surface area contributed by atoms with Crippen molar-refractivity contribution >= 4 is 5.71 Å². The van der Waals surface area contributed by atoms with E-state index in [-0.39, 0.29) is 10.8 Å². The molecule has 0 fully saturated rings. The molecule has 0 saturated carbocycles. The molecule has 0 saturated heterocycles. The fourth-order valence-electron chi connectivity index (χ4n) is 1.16. The van der Waals surface area contributed by atoms with Gasteiger partial charge in [0, 0.05) is 10.8 Å². The number of aromatic amines is 1. The molecule has 0 amide bonds. The fraction of sp³-hybridized carbons (Fsp3) is 0.750. The predicted octanol–water partition coefficient (Wildman–Crippen LogP) is 2.51. The lowest BCUT2D eigenvalue weighted by Crippen LogP contribution is -2.20. The van der Waals surface area contributed by atoms with Crippen molar-refractivity contribution in [2.75, 3.05) is 6.54 Å². The summed E-state index contributed by atoms with van der Waals surface area (Å²) in [5, 5.41) is 14.7. The van der Waals surface area contributed by atoms with Gasteiger partial charge in [-0.05, 0) is 5.22 Å². The Balaban J connectivity index is 0.000000191. The maximum Gasteiger partial charge on any atom is 0.438 e. The summed E-state index contributed by atoms with van der Waals surface area (Å²) in [7, 11) is 0. The molecule has 0 spiro atoms. The van der Waals surface area contributed by atoms with E-state index in [2.05, 4.69) is 50.9 Å². The number of hydrogen-bond acceptors (Lipinski definition) is 6. The van der Waals surface area contributed by atoms with Crippen LogP contribution in [0, 0.1) is 5.41 Å². The average Bonchev–Trinajstić information content (AvgIpc) is 2.84. The molecule has 7 nitrogen and oxygen atoms in total. The van der Waals surface area contributed by atoms with Crippen molar-refractivity contribution in [1.29, 1.82) is 0 Å². The molecule has 19 heavy (non-hydrogen) atoms. The van der Waals surface area contributed by atoms with Crippen molar-refractivity contribution in [3.63, 3.8) is 0 Å². The zero-order valence-electron chi connectivity index (χ0n) is 12.3. The number of aromatic nitrogens is 2. The third-order valence-corrected chi connectivity index (χ3v) is 2.47. The van der Waals surface area contributed by atoms with E-state index in [1.54, 1.807) is 0 Å². The highest BCUT2D eigenvalue weighted by atomic mass is 16.5. The number of nitrogens with zero attached hydrogens (tertiary/aromatic N) is 4. The lowest BCUT2D eigenvalue weighted by molar-refractivity contribution is 0.369. The summed E-state index contributed by atoms with van der Waals surface area (Å²) in [5.41, 5.74) is 1.07. The second kappa shape index (κ2) is 5.46. The van der Waals surface area contributed by atoms with Crippen LogP contribution in [0.5, 0.6) is 0 Å². The van der Waals surface area contributed by atoms with Gasteiger partial charge in [0.15, 0.2) is 5.82 Å². The minimum atomic E-state index is -0.495. The van der Waals surface area contributed by atoms with Crippen LogP contribution in [0.15, 0.2) is 24.8 Å². The zero-order valence-corrected chi connectivity index (χ0v) is 12.3. The second-order valence-corrected chi connectivity index (χ2v) is 6.38. The molecule has 1 aromatic heterocycles. The topological polar surface area (TPSA) is 96.0 Å². The number of hydrogen-bond donors (Lipinski definition) is 1. The molecular formula is C12H21N5O2. The van der Waals surface area contributed by atoms with Gasteiger partial charge in [0.2, 0.25) is 0 Å². The van der Waals surface area contributed by atoms with Gasteiger partial charge in [-0.2, -0.15) is 5.11 Å². The first-order chi connectivity index (χ1) is 8.60. The van der Waals surface area contributed by atoms with E-state index in [1.807, 2.05) is 20.8 Å². The highest BCUT2D eigenvalue weighted by molar-refractivity contribution is 5.91. The van der Waals surface area contributed by atoms with Gasteiger partial charge in [0.05, 0.1) is 5.71 Å². The maximum atomic E-state index is 10.5. The van der Waals surface area contributed by atoms with Gasteiger partial charge in [-0.25, -0.2) is 4.79 Å². The molecule has 0 aromatic carbocycles. The predicted molar refractivity (Wildman–Crippen MR) is 72.4 cm³/mol. The van der Waals surface area contributed by atoms with Gasteiger partial charge in [-0.1, -0.05) is 46.7 Å². The van der Waals surface area contributed by atoms with Crippen LogP contribution in [0.3, 0.4) is 0 Å². The van der Waals surface area contributed by atoms with Crippen LogP contribution in [0.2, 0.25) is 0 Å². The minimum absolute atomic E-state index is 0.142. The molecule has 1 aromatic rings. The van der Waals surface area contributed by atoms with Crippen molar-refractivity contribution in [1.82, 2.24) is 10.1 Å². The molecule has 1 aliphatic rings. The Morgan fingerprint density at radius 3 is 1.95 bits per heavy atom. The Hall–Kier alpha value is -1.79. The van der Waals surface area contributed by atoms with Crippen molar-refractivity contribution in [3.05, 3.63) is 16.4 Å². The molecule has 2 rings (SSSR count). The average molecular weight is 267 g/mol. The van der Waals surface area contributed by atoms with Crippen molar-refractivity contribution in [2.24, 2.45) is 20.9 Å². The molecule has 0 unspecified atom stereocenters. The molecule has 0 atom stereocenters. The van der Waals surface area contributed by atoms with Crippen LogP contribution in [0.1, 0.15) is 47.4 Å². The van der Waals surface area contributed by atoms with E-state index < -0.39 is 5.76 Å². The molecule has 0 aliphatic carbocycles. The van der Waals surface area contributed by atoms with E-state index in [1.165, 1.54) is 0 Å². The first-order valence-corrected chi connectivity index (χ1v) is 6.11. The maximum absolute atomic E-state index is 10.5. The molecule has 0 bridgehead atoms. The summed E-state index contributed by atoms with van der Waals surface area (Å²) < 4.78 is 4.33. The second-order valence-electron chi connectivity index (χ2n) is 6.38. The quantitative estimate of drug-likeness (QED) is 0.782. The molecule has 1 aliphatic heterocycles. The van der Waals surface area contributed by atoms with Crippen LogP contribution in [-0.4, -0.2) is 22.4 Å². The lowest BCUT2D eigenvalue weighted by Gasteiger charge is -2.15. The van der Waals surface area contributed by atoms with E-state index >= 15 is 0 Å². The number of rotatable bonds is 0. The Morgan fingerprint density at radius 1 is 1.11 bits per heavy atom. The third-order valence-electron chi connectivity index (χ3n) is 2.47. The molecule has 106 valence electrons. The molecule has 2 heterocycles. The van der Waals surface area contributed by atoms with Crippen LogP contribution >= 0.6 is 0 Å². The summed E-state index contributed by atoms with van der Waals surface area (Å²) in [6.07, 6.45) is 0. The fourth-order valence-corrected chi connectivity index (χ4v) is 1.16. The van der Waals surface area contributed by atoms with E-state index in [9.17, 15) is 4.79 Å². The number of nitrogens with one attached hydrogen (secondary N) is 1. The lowest BCUT2D eigenvalue weighted by atomic mass is 9.90. The molecule has 7 heteroatoms. The van der Waals surface area contributed by atoms with E-state index in [4.69, 9.17) is 0 Å². The van der Waals surface area contributed by atoms with E-state index in [0.717, 1.165) is 5.71 Å². The third kappa shape index (κ3) is 4.76. The van der Waals surface area contributed by atoms with Crippen LogP contribution < -0.4 is 5.76 Å². The first kappa shape index (κ1) is 15.3. The summed E-state index contributed by atoms with van der Waals surface area (Å²) in [6.45, 7) is 12.9. The monoisotopic (exact) mass is 267 g/mol. The van der Waals surface area contributed by atoms with Crippen LogP contribution in [0.4, 0.5) is 0 Å². The molecule has 0 radical (unpaired) electrons. The van der Waals surface area contributed by atoms with Crippen molar-refractivity contribution in [2.45, 2.75) is 47.0 Å². The van der Waals surface area contributed by atoms with Gasteiger partial charge in [-0.15, -0.1) is 5.10 Å². The Morgan fingerprint density at radius 2 is 1.74 bits per heavy atom. The van der Waals surface area contributed by atoms with Gasteiger partial charge >= 0.3 is 5.76 Å². The summed E-state index contributed by atoms with van der Waals surface area (Å²) >= 11 is 0. The van der Waals surface area contributed by atoms with Gasteiger partial charge in [0.25, 0.3) is 0 Å². The molecule has 1 N–H and O–H groups in total. The van der Waals surface area contributed by atoms with E-state index in [0.29, 0.717) is 12.4 Å². The van der Waals surface area contributed by atoms with Crippen molar-refractivity contribution in [3.8, 4) is 0 Å². The highest BCUT2D eigenvalue weighted by Crippen LogP contribution is 2.18. The zero-order chi connectivity index (χ0) is 14.7. The first-order valence-electron chi connectivity index (χ1n) is 6.11. The van der Waals surface area contributed by atoms with Gasteiger partial charge < -0.3 is 0 Å². The standard InChI is InChI=1S/C6H11N3.C6H10N2O2/c1-6(2,3)5-4-7-9-8-5;1-6(2,3)4-7-5(9)10-8-4/h4H2,1-3H3;1-3H3,(H,7,8,9). The van der Waals surface area contributed by atoms with Gasteiger partial charge in [0.1, 0.15) is 6.54 Å². The highest BCUT2D eigenvalue weighted by Gasteiger charge is 2.20. The Labute approximate surface area is 112 Å². The van der Waals surface area contributed by atoms with Crippen LogP contribution in [-0.2, 0) is 5.41 Å². The summed E-state index contributed by atoms with van der Waals surface area (Å²) in [5.74, 6) is 0.0856. The molecular weight excluding hydrogens is 246 g/mol. The largest absolute Gasteiger partial charge is 0.438 e. The smallest absolute Gasteiger partial charge is 0.296 e. The summed E-state index contributed by atoms with van der Waals surface area (Å²) in [6, 6.07) is 0. The number of H-pyrrole nitrogens is 1. The van der Waals surface area contributed by atoms with Crippen LogP contribution in [0.25, 0.3) is 0 Å². The summed E-state index contributed by atoms with van der Waals surface area (Å²) in [4.78, 5) is 12.9.